The zero-order valence-corrected chi connectivity index (χ0v) is 7.43. The van der Waals surface area contributed by atoms with E-state index in [0.717, 1.165) is 12.2 Å². The molecule has 2 heterocycles. The third-order valence-electron chi connectivity index (χ3n) is 1.98. The topological polar surface area (TPSA) is 86.2 Å². The maximum atomic E-state index is 8.90. The third-order valence-corrected chi connectivity index (χ3v) is 1.98. The van der Waals surface area contributed by atoms with Crippen LogP contribution in [-0.2, 0) is 13.0 Å². The number of nitrogens with zero attached hydrogens (tertiary/aromatic N) is 4. The highest BCUT2D eigenvalue weighted by Crippen LogP contribution is 2.08. The minimum absolute atomic E-state index is 0.0974. The molecule has 0 saturated heterocycles. The number of imidazole rings is 1. The molecule has 2 N–H and O–H groups in total. The molecule has 1 aliphatic heterocycles. The molecule has 0 unspecified atom stereocenters. The van der Waals surface area contributed by atoms with Crippen molar-refractivity contribution in [2.24, 2.45) is 4.99 Å². The lowest BCUT2D eigenvalue weighted by Gasteiger charge is -2.12. The molecule has 0 bridgehead atoms. The summed E-state index contributed by atoms with van der Waals surface area (Å²) in [6.45, 7) is 0.520. The molecule has 0 aliphatic carbocycles. The molecular weight excluding hydrogens is 182 g/mol. The molecule has 6 nitrogen and oxygen atoms in total. The van der Waals surface area contributed by atoms with Gasteiger partial charge in [0.05, 0.1) is 12.3 Å². The minimum Gasteiger partial charge on any atom is -0.390 e. The van der Waals surface area contributed by atoms with Gasteiger partial charge < -0.3 is 5.11 Å². The normalized spacial score (nSPS) is 14.1. The average molecular weight is 191 g/mol. The lowest BCUT2D eigenvalue weighted by atomic mass is 10.4. The number of nitriles is 1. The van der Waals surface area contributed by atoms with E-state index in [1.54, 1.807) is 10.8 Å². The van der Waals surface area contributed by atoms with Crippen molar-refractivity contribution in [2.45, 2.75) is 13.0 Å². The molecule has 0 radical (unpaired) electrons. The Labute approximate surface area is 80.5 Å². The van der Waals surface area contributed by atoms with E-state index >= 15 is 0 Å². The quantitative estimate of drug-likeness (QED) is 0.449. The van der Waals surface area contributed by atoms with Crippen molar-refractivity contribution in [1.29, 1.82) is 5.26 Å². The van der Waals surface area contributed by atoms with Crippen molar-refractivity contribution in [2.75, 3.05) is 6.54 Å². The van der Waals surface area contributed by atoms with Crippen LogP contribution in [0.1, 0.15) is 11.5 Å². The van der Waals surface area contributed by atoms with Crippen molar-refractivity contribution in [3.05, 3.63) is 17.7 Å². The molecule has 0 amide bonds. The third kappa shape index (κ3) is 1.34. The van der Waals surface area contributed by atoms with Crippen molar-refractivity contribution >= 4 is 5.96 Å². The number of fused-ring (bicyclic) bond motifs is 1. The SMILES string of the molecule is N#CNC1=NCCc2nc(CO)cn21. The predicted molar refractivity (Wildman–Crippen MR) is 48.3 cm³/mol. The largest absolute Gasteiger partial charge is 0.390 e. The van der Waals surface area contributed by atoms with Gasteiger partial charge in [-0.05, 0) is 0 Å². The van der Waals surface area contributed by atoms with Gasteiger partial charge in [0, 0.05) is 19.2 Å². The highest BCUT2D eigenvalue weighted by molar-refractivity contribution is 5.84. The Balaban J connectivity index is 2.38. The zero-order chi connectivity index (χ0) is 9.97. The maximum absolute atomic E-state index is 8.90. The predicted octanol–water partition coefficient (Wildman–Crippen LogP) is -0.794. The van der Waals surface area contributed by atoms with Crippen LogP contribution < -0.4 is 5.32 Å². The minimum atomic E-state index is -0.0974. The fourth-order valence-corrected chi connectivity index (χ4v) is 1.40. The molecule has 0 aromatic carbocycles. The number of aromatic nitrogens is 2. The van der Waals surface area contributed by atoms with Crippen LogP contribution >= 0.6 is 0 Å². The first-order valence-electron chi connectivity index (χ1n) is 4.23. The molecule has 14 heavy (non-hydrogen) atoms. The van der Waals surface area contributed by atoms with E-state index in [1.165, 1.54) is 0 Å². The van der Waals surface area contributed by atoms with Crippen LogP contribution in [0.15, 0.2) is 11.2 Å². The molecule has 0 atom stereocenters. The smallest absolute Gasteiger partial charge is 0.217 e. The van der Waals surface area contributed by atoms with Gasteiger partial charge >= 0.3 is 0 Å². The first kappa shape index (κ1) is 8.72. The molecule has 1 aliphatic rings. The second kappa shape index (κ2) is 3.47. The van der Waals surface area contributed by atoms with Gasteiger partial charge in [-0.15, -0.1) is 0 Å². The second-order valence-electron chi connectivity index (χ2n) is 2.87. The number of aliphatic hydroxyl groups excluding tert-OH is 1. The summed E-state index contributed by atoms with van der Waals surface area (Å²) in [4.78, 5) is 8.32. The van der Waals surface area contributed by atoms with Gasteiger partial charge in [0.25, 0.3) is 0 Å². The van der Waals surface area contributed by atoms with Gasteiger partial charge in [0.1, 0.15) is 5.82 Å². The van der Waals surface area contributed by atoms with E-state index in [1.807, 2.05) is 6.19 Å². The van der Waals surface area contributed by atoms with Gasteiger partial charge in [-0.1, -0.05) is 0 Å². The molecule has 0 saturated carbocycles. The van der Waals surface area contributed by atoms with Crippen LogP contribution in [0.4, 0.5) is 0 Å². The highest BCUT2D eigenvalue weighted by atomic mass is 16.3. The summed E-state index contributed by atoms with van der Waals surface area (Å²) in [5.41, 5.74) is 0.592. The van der Waals surface area contributed by atoms with E-state index in [-0.39, 0.29) is 6.61 Å². The Hall–Kier alpha value is -1.87. The van der Waals surface area contributed by atoms with Crippen LogP contribution in [0.5, 0.6) is 0 Å². The summed E-state index contributed by atoms with van der Waals surface area (Å²) in [6.07, 6.45) is 4.22. The van der Waals surface area contributed by atoms with Crippen molar-refractivity contribution in [3.8, 4) is 6.19 Å². The monoisotopic (exact) mass is 191 g/mol. The lowest BCUT2D eigenvalue weighted by Crippen LogP contribution is -2.31. The van der Waals surface area contributed by atoms with Gasteiger partial charge in [-0.2, -0.15) is 5.26 Å². The Bertz CT molecular complexity index is 414. The molecule has 0 spiro atoms. The summed E-state index contributed by atoms with van der Waals surface area (Å²) in [5.74, 6) is 1.29. The first-order valence-corrected chi connectivity index (χ1v) is 4.23. The fourth-order valence-electron chi connectivity index (χ4n) is 1.40. The van der Waals surface area contributed by atoms with E-state index in [9.17, 15) is 0 Å². The number of hydrogen-bond donors (Lipinski definition) is 2. The van der Waals surface area contributed by atoms with Crippen LogP contribution in [-0.4, -0.2) is 27.2 Å². The first-order chi connectivity index (χ1) is 6.85. The molecule has 1 aromatic rings. The fraction of sp³-hybridized carbons (Fsp3) is 0.375. The molecule has 1 aromatic heterocycles. The number of hydrogen-bond acceptors (Lipinski definition) is 5. The van der Waals surface area contributed by atoms with E-state index < -0.39 is 0 Å². The molecule has 6 heteroatoms. The van der Waals surface area contributed by atoms with Gasteiger partial charge in [-0.3, -0.25) is 14.9 Å². The Morgan fingerprint density at radius 2 is 2.57 bits per heavy atom. The van der Waals surface area contributed by atoms with Crippen LogP contribution in [0, 0.1) is 11.5 Å². The average Bonchev–Trinajstić information content (AvgIpc) is 2.62. The van der Waals surface area contributed by atoms with Crippen molar-refractivity contribution in [3.63, 3.8) is 0 Å². The second-order valence-corrected chi connectivity index (χ2v) is 2.87. The van der Waals surface area contributed by atoms with Gasteiger partial charge in [0.2, 0.25) is 5.96 Å². The van der Waals surface area contributed by atoms with E-state index in [2.05, 4.69) is 15.3 Å². The van der Waals surface area contributed by atoms with Crippen molar-refractivity contribution in [1.82, 2.24) is 14.9 Å². The summed E-state index contributed by atoms with van der Waals surface area (Å²) >= 11 is 0. The van der Waals surface area contributed by atoms with E-state index in [0.29, 0.717) is 18.2 Å². The molecular formula is C8H9N5O. The van der Waals surface area contributed by atoms with Crippen LogP contribution in [0.3, 0.4) is 0 Å². The lowest BCUT2D eigenvalue weighted by molar-refractivity contribution is 0.277. The number of rotatable bonds is 1. The zero-order valence-electron chi connectivity index (χ0n) is 7.43. The summed E-state index contributed by atoms with van der Waals surface area (Å²) in [5, 5.41) is 19.9. The van der Waals surface area contributed by atoms with Gasteiger partial charge in [0.15, 0.2) is 6.19 Å². The summed E-state index contributed by atoms with van der Waals surface area (Å²) in [6, 6.07) is 0. The maximum Gasteiger partial charge on any atom is 0.217 e. The van der Waals surface area contributed by atoms with E-state index in [4.69, 9.17) is 10.4 Å². The standard InChI is InChI=1S/C8H9N5O/c9-5-11-8-10-2-1-7-12-6(4-14)3-13(7)8/h3,14H,1-2,4H2,(H,10,11). The van der Waals surface area contributed by atoms with Gasteiger partial charge in [-0.25, -0.2) is 4.98 Å². The summed E-state index contributed by atoms with van der Waals surface area (Å²) < 4.78 is 1.69. The van der Waals surface area contributed by atoms with Crippen LogP contribution in [0.25, 0.3) is 0 Å². The Morgan fingerprint density at radius 3 is 3.29 bits per heavy atom. The molecule has 0 fully saturated rings. The summed E-state index contributed by atoms with van der Waals surface area (Å²) in [7, 11) is 0. The van der Waals surface area contributed by atoms with Crippen molar-refractivity contribution < 1.29 is 5.11 Å². The van der Waals surface area contributed by atoms with Crippen LogP contribution in [0.2, 0.25) is 0 Å². The highest BCUT2D eigenvalue weighted by Gasteiger charge is 2.15. The Morgan fingerprint density at radius 1 is 1.71 bits per heavy atom. The number of nitrogens with one attached hydrogen (secondary N) is 1. The number of aliphatic imine (C=N–C) groups is 1. The number of aliphatic hydroxyl groups is 1. The molecule has 72 valence electrons. The Kier molecular flexibility index (Phi) is 2.16. The molecule has 2 rings (SSSR count).